The van der Waals surface area contributed by atoms with Crippen LogP contribution in [0, 0.1) is 0 Å². The number of hydrogen-bond acceptors (Lipinski definition) is 3. The molecule has 0 N–H and O–H groups in total. The second kappa shape index (κ2) is 6.27. The molecule has 4 heteroatoms. The van der Waals surface area contributed by atoms with E-state index in [1.807, 2.05) is 56.9 Å². The maximum absolute atomic E-state index is 12.5. The Kier molecular flexibility index (Phi) is 4.65. The van der Waals surface area contributed by atoms with Crippen molar-refractivity contribution in [1.29, 1.82) is 0 Å². The third-order valence-corrected chi connectivity index (χ3v) is 3.18. The van der Waals surface area contributed by atoms with Gasteiger partial charge in [-0.25, -0.2) is 0 Å². The topological polar surface area (TPSA) is 38.8 Å². The lowest BCUT2D eigenvalue weighted by Gasteiger charge is -2.35. The first kappa shape index (κ1) is 14.9. The van der Waals surface area contributed by atoms with Gasteiger partial charge in [0.05, 0.1) is 18.3 Å². The van der Waals surface area contributed by atoms with Gasteiger partial charge in [0.2, 0.25) is 0 Å². The summed E-state index contributed by atoms with van der Waals surface area (Å²) in [5.41, 5.74) is 0.697. The van der Waals surface area contributed by atoms with E-state index in [4.69, 9.17) is 9.47 Å². The summed E-state index contributed by atoms with van der Waals surface area (Å²) in [5, 5.41) is 0. The fourth-order valence-electron chi connectivity index (χ4n) is 2.47. The van der Waals surface area contributed by atoms with Crippen LogP contribution in [-0.2, 0) is 4.74 Å². The molecule has 0 spiro atoms. The Morgan fingerprint density at radius 2 is 1.75 bits per heavy atom. The Bertz CT molecular complexity index is 445. The lowest BCUT2D eigenvalue weighted by atomic mass is 10.1. The summed E-state index contributed by atoms with van der Waals surface area (Å²) in [4.78, 5) is 14.3. The summed E-state index contributed by atoms with van der Waals surface area (Å²) in [6.07, 6.45) is 0.315. The lowest BCUT2D eigenvalue weighted by Crippen LogP contribution is -2.48. The van der Waals surface area contributed by atoms with Crippen molar-refractivity contribution in [2.24, 2.45) is 0 Å². The molecule has 1 aromatic rings. The average molecular weight is 277 g/mol. The zero-order valence-corrected chi connectivity index (χ0v) is 12.6. The van der Waals surface area contributed by atoms with Crippen LogP contribution in [0.2, 0.25) is 0 Å². The number of hydrogen-bond donors (Lipinski definition) is 0. The van der Waals surface area contributed by atoms with E-state index in [1.165, 1.54) is 0 Å². The maximum Gasteiger partial charge on any atom is 0.254 e. The normalized spacial score (nSPS) is 22.9. The fraction of sp³-hybridized carbons (Fsp3) is 0.562. The average Bonchev–Trinajstić information content (AvgIpc) is 2.37. The molecule has 0 bridgehead atoms. The van der Waals surface area contributed by atoms with Gasteiger partial charge in [0.25, 0.3) is 5.91 Å². The van der Waals surface area contributed by atoms with Gasteiger partial charge in [-0.2, -0.15) is 0 Å². The highest BCUT2D eigenvalue weighted by Gasteiger charge is 2.26. The number of morpholine rings is 1. The van der Waals surface area contributed by atoms with Gasteiger partial charge in [-0.05, 0) is 52.0 Å². The zero-order chi connectivity index (χ0) is 14.7. The van der Waals surface area contributed by atoms with Crippen molar-refractivity contribution in [3.63, 3.8) is 0 Å². The highest BCUT2D eigenvalue weighted by atomic mass is 16.5. The summed E-state index contributed by atoms with van der Waals surface area (Å²) in [7, 11) is 0. The summed E-state index contributed by atoms with van der Waals surface area (Å²) in [6.45, 7) is 9.25. The van der Waals surface area contributed by atoms with Crippen molar-refractivity contribution in [3.05, 3.63) is 29.8 Å². The van der Waals surface area contributed by atoms with E-state index in [1.54, 1.807) is 0 Å². The predicted octanol–water partition coefficient (Wildman–Crippen LogP) is 2.72. The fourth-order valence-corrected chi connectivity index (χ4v) is 2.47. The minimum atomic E-state index is 0.0584. The molecule has 20 heavy (non-hydrogen) atoms. The van der Waals surface area contributed by atoms with Crippen molar-refractivity contribution in [2.45, 2.75) is 46.0 Å². The van der Waals surface area contributed by atoms with E-state index in [0.717, 1.165) is 5.75 Å². The third-order valence-electron chi connectivity index (χ3n) is 3.18. The molecule has 0 aromatic heterocycles. The van der Waals surface area contributed by atoms with Gasteiger partial charge in [0, 0.05) is 18.7 Å². The molecule has 0 radical (unpaired) electrons. The molecule has 0 unspecified atom stereocenters. The molecule has 0 saturated carbocycles. The second-order valence-electron chi connectivity index (χ2n) is 5.66. The predicted molar refractivity (Wildman–Crippen MR) is 78.1 cm³/mol. The van der Waals surface area contributed by atoms with E-state index in [-0.39, 0.29) is 24.2 Å². The van der Waals surface area contributed by atoms with Crippen LogP contribution >= 0.6 is 0 Å². The van der Waals surface area contributed by atoms with Crippen LogP contribution in [0.15, 0.2) is 24.3 Å². The number of nitrogens with zero attached hydrogens (tertiary/aromatic N) is 1. The number of amides is 1. The molecule has 1 aromatic carbocycles. The first-order chi connectivity index (χ1) is 9.45. The van der Waals surface area contributed by atoms with Gasteiger partial charge >= 0.3 is 0 Å². The zero-order valence-electron chi connectivity index (χ0n) is 12.6. The molecule has 1 amide bonds. The van der Waals surface area contributed by atoms with Crippen LogP contribution in [0.3, 0.4) is 0 Å². The van der Waals surface area contributed by atoms with E-state index in [2.05, 4.69) is 0 Å². The molecule has 2 rings (SSSR count). The Morgan fingerprint density at radius 1 is 1.20 bits per heavy atom. The van der Waals surface area contributed by atoms with Gasteiger partial charge < -0.3 is 14.4 Å². The molecule has 0 aliphatic carbocycles. The van der Waals surface area contributed by atoms with Gasteiger partial charge in [0.15, 0.2) is 0 Å². The van der Waals surface area contributed by atoms with Crippen molar-refractivity contribution < 1.29 is 14.3 Å². The van der Waals surface area contributed by atoms with Crippen LogP contribution in [0.25, 0.3) is 0 Å². The largest absolute Gasteiger partial charge is 0.491 e. The summed E-state index contributed by atoms with van der Waals surface area (Å²) >= 11 is 0. The van der Waals surface area contributed by atoms with Gasteiger partial charge in [-0.3, -0.25) is 4.79 Å². The van der Waals surface area contributed by atoms with Crippen LogP contribution in [-0.4, -0.2) is 42.2 Å². The molecule has 2 atom stereocenters. The molecule has 1 heterocycles. The molecule has 4 nitrogen and oxygen atoms in total. The molecule has 1 aliphatic rings. The smallest absolute Gasteiger partial charge is 0.254 e. The van der Waals surface area contributed by atoms with Crippen molar-refractivity contribution in [3.8, 4) is 5.75 Å². The highest BCUT2D eigenvalue weighted by molar-refractivity contribution is 5.94. The SMILES string of the molecule is CC(C)Oc1ccc(C(=O)N2C[C@@H](C)O[C@@H](C)C2)cc1. The molecule has 1 aliphatic heterocycles. The minimum Gasteiger partial charge on any atom is -0.491 e. The van der Waals surface area contributed by atoms with E-state index < -0.39 is 0 Å². The standard InChI is InChI=1S/C16H23NO3/c1-11(2)19-15-7-5-14(6-8-15)16(18)17-9-12(3)20-13(4)10-17/h5-8,11-13H,9-10H2,1-4H3/t12-,13+. The quantitative estimate of drug-likeness (QED) is 0.852. The van der Waals surface area contributed by atoms with Gasteiger partial charge in [-0.15, -0.1) is 0 Å². The van der Waals surface area contributed by atoms with E-state index in [9.17, 15) is 4.79 Å². The Labute approximate surface area is 120 Å². The first-order valence-electron chi connectivity index (χ1n) is 7.17. The molecule has 110 valence electrons. The Balaban J connectivity index is 2.05. The number of rotatable bonds is 3. The molecular weight excluding hydrogens is 254 g/mol. The molecule has 1 fully saturated rings. The highest BCUT2D eigenvalue weighted by Crippen LogP contribution is 2.18. The van der Waals surface area contributed by atoms with E-state index >= 15 is 0 Å². The summed E-state index contributed by atoms with van der Waals surface area (Å²) in [5.74, 6) is 0.850. The first-order valence-corrected chi connectivity index (χ1v) is 7.17. The third kappa shape index (κ3) is 3.73. The van der Waals surface area contributed by atoms with Crippen LogP contribution in [0.1, 0.15) is 38.1 Å². The van der Waals surface area contributed by atoms with Gasteiger partial charge in [-0.1, -0.05) is 0 Å². The van der Waals surface area contributed by atoms with E-state index in [0.29, 0.717) is 18.7 Å². The van der Waals surface area contributed by atoms with Crippen LogP contribution in [0.5, 0.6) is 5.75 Å². The maximum atomic E-state index is 12.5. The summed E-state index contributed by atoms with van der Waals surface area (Å²) < 4.78 is 11.2. The molecule has 1 saturated heterocycles. The Hall–Kier alpha value is -1.55. The number of ether oxygens (including phenoxy) is 2. The monoisotopic (exact) mass is 277 g/mol. The number of carbonyl (C=O) groups is 1. The van der Waals surface area contributed by atoms with Crippen molar-refractivity contribution in [2.75, 3.05) is 13.1 Å². The number of benzene rings is 1. The van der Waals surface area contributed by atoms with Crippen LogP contribution in [0.4, 0.5) is 0 Å². The van der Waals surface area contributed by atoms with Crippen molar-refractivity contribution >= 4 is 5.91 Å². The van der Waals surface area contributed by atoms with Gasteiger partial charge in [0.1, 0.15) is 5.75 Å². The Morgan fingerprint density at radius 3 is 2.25 bits per heavy atom. The second-order valence-corrected chi connectivity index (χ2v) is 5.66. The van der Waals surface area contributed by atoms with Crippen LogP contribution < -0.4 is 4.74 Å². The van der Waals surface area contributed by atoms with Crippen molar-refractivity contribution in [1.82, 2.24) is 4.90 Å². The lowest BCUT2D eigenvalue weighted by molar-refractivity contribution is -0.0586. The summed E-state index contributed by atoms with van der Waals surface area (Å²) in [6, 6.07) is 7.34. The molecular formula is C16H23NO3. The minimum absolute atomic E-state index is 0.0584. The number of carbonyl (C=O) groups excluding carboxylic acids is 1.